The molecule has 0 aliphatic carbocycles. The number of benzene rings is 3. The first-order valence-corrected chi connectivity index (χ1v) is 11.8. The zero-order chi connectivity index (χ0) is 24.4. The highest BCUT2D eigenvalue weighted by Crippen LogP contribution is 2.32. The number of aromatic hydroxyl groups is 1. The number of nitrogens with zero attached hydrogens (tertiary/aromatic N) is 4. The summed E-state index contributed by atoms with van der Waals surface area (Å²) < 4.78 is 5.57. The average Bonchev–Trinajstić information content (AvgIpc) is 2.87. The third-order valence-corrected chi connectivity index (χ3v) is 6.34. The Hall–Kier alpha value is -4.13. The number of aryl methyl sites for hydroxylation is 1. The average molecular weight is 469 g/mol. The quantitative estimate of drug-likeness (QED) is 0.446. The predicted molar refractivity (Wildman–Crippen MR) is 136 cm³/mol. The lowest BCUT2D eigenvalue weighted by Crippen LogP contribution is -2.54. The van der Waals surface area contributed by atoms with Crippen molar-refractivity contribution < 1.29 is 14.6 Å². The summed E-state index contributed by atoms with van der Waals surface area (Å²) in [5, 5.41) is 11.4. The Morgan fingerprint density at radius 1 is 1.03 bits per heavy atom. The first kappa shape index (κ1) is 22.7. The van der Waals surface area contributed by atoms with Crippen LogP contribution < -0.4 is 4.90 Å². The summed E-state index contributed by atoms with van der Waals surface area (Å²) in [7, 11) is 0. The van der Waals surface area contributed by atoms with E-state index in [1.807, 2.05) is 68.4 Å². The minimum absolute atomic E-state index is 0.0592. The second-order valence-electron chi connectivity index (χ2n) is 8.94. The van der Waals surface area contributed by atoms with Crippen LogP contribution in [0.1, 0.15) is 18.1 Å². The third kappa shape index (κ3) is 4.75. The van der Waals surface area contributed by atoms with Crippen molar-refractivity contribution in [1.82, 2.24) is 14.9 Å². The molecule has 0 bridgehead atoms. The summed E-state index contributed by atoms with van der Waals surface area (Å²) in [6.07, 6.45) is -0.306. The fraction of sp³-hybridized carbons (Fsp3) is 0.250. The molecule has 1 amide bonds. The molecule has 1 aliphatic heterocycles. The van der Waals surface area contributed by atoms with Gasteiger partial charge in [0.15, 0.2) is 5.82 Å². The number of phenols is 1. The maximum Gasteiger partial charge on any atom is 0.410 e. The van der Waals surface area contributed by atoms with Crippen LogP contribution in [-0.2, 0) is 11.3 Å². The first-order valence-electron chi connectivity index (χ1n) is 11.8. The topological polar surface area (TPSA) is 78.8 Å². The number of fused-ring (bicyclic) bond motifs is 1. The van der Waals surface area contributed by atoms with E-state index in [-0.39, 0.29) is 24.5 Å². The van der Waals surface area contributed by atoms with Gasteiger partial charge in [0.25, 0.3) is 0 Å². The van der Waals surface area contributed by atoms with Crippen LogP contribution in [0.4, 0.5) is 10.6 Å². The lowest BCUT2D eigenvalue weighted by molar-refractivity contribution is 0.0794. The molecule has 1 saturated heterocycles. The molecular formula is C28H28N4O3. The maximum absolute atomic E-state index is 12.8. The summed E-state index contributed by atoms with van der Waals surface area (Å²) in [5.41, 5.74) is 3.48. The maximum atomic E-state index is 12.8. The fourth-order valence-electron chi connectivity index (χ4n) is 4.47. The first-order chi connectivity index (χ1) is 17.0. The molecule has 4 aromatic rings. The number of anilines is 1. The van der Waals surface area contributed by atoms with Crippen LogP contribution in [0.5, 0.6) is 5.75 Å². The molecule has 1 unspecified atom stereocenters. The van der Waals surface area contributed by atoms with E-state index in [2.05, 4.69) is 11.0 Å². The Balaban J connectivity index is 1.40. The van der Waals surface area contributed by atoms with Crippen LogP contribution in [-0.4, -0.2) is 51.7 Å². The molecule has 1 N–H and O–H groups in total. The molecule has 1 aromatic heterocycles. The zero-order valence-electron chi connectivity index (χ0n) is 19.9. The van der Waals surface area contributed by atoms with E-state index in [1.165, 1.54) is 0 Å². The van der Waals surface area contributed by atoms with Crippen LogP contribution in [0.2, 0.25) is 0 Å². The van der Waals surface area contributed by atoms with Crippen molar-refractivity contribution in [2.24, 2.45) is 0 Å². The van der Waals surface area contributed by atoms with Gasteiger partial charge in [0.1, 0.15) is 18.2 Å². The van der Waals surface area contributed by atoms with Crippen LogP contribution in [0, 0.1) is 6.92 Å². The van der Waals surface area contributed by atoms with Crippen molar-refractivity contribution in [2.45, 2.75) is 26.5 Å². The summed E-state index contributed by atoms with van der Waals surface area (Å²) in [6.45, 7) is 6.06. The number of aromatic nitrogens is 2. The Labute approximate surface area is 204 Å². The van der Waals surface area contributed by atoms with E-state index in [9.17, 15) is 9.90 Å². The van der Waals surface area contributed by atoms with Gasteiger partial charge in [-0.3, -0.25) is 0 Å². The Kier molecular flexibility index (Phi) is 6.23. The minimum Gasteiger partial charge on any atom is -0.507 e. The third-order valence-electron chi connectivity index (χ3n) is 6.34. The van der Waals surface area contributed by atoms with Gasteiger partial charge in [-0.1, -0.05) is 48.5 Å². The van der Waals surface area contributed by atoms with Gasteiger partial charge in [0.05, 0.1) is 11.1 Å². The van der Waals surface area contributed by atoms with Crippen molar-refractivity contribution in [2.75, 3.05) is 24.5 Å². The number of carbonyl (C=O) groups is 1. The van der Waals surface area contributed by atoms with Gasteiger partial charge in [-0.15, -0.1) is 0 Å². The minimum atomic E-state index is -0.306. The molecule has 1 fully saturated rings. The number of hydrogen-bond donors (Lipinski definition) is 1. The number of piperazine rings is 1. The summed E-state index contributed by atoms with van der Waals surface area (Å²) >= 11 is 0. The summed E-state index contributed by atoms with van der Waals surface area (Å²) in [4.78, 5) is 26.4. The SMILES string of the molecule is Cc1ccc2c(N3CCN(C(=O)OCc4ccccc4)C(C)C3)nc(-c3ccccc3O)nc2c1. The van der Waals surface area contributed by atoms with Crippen LogP contribution in [0.25, 0.3) is 22.3 Å². The van der Waals surface area contributed by atoms with E-state index in [0.29, 0.717) is 31.0 Å². The van der Waals surface area contributed by atoms with E-state index in [1.54, 1.807) is 17.0 Å². The van der Waals surface area contributed by atoms with Crippen molar-refractivity contribution in [1.29, 1.82) is 0 Å². The van der Waals surface area contributed by atoms with Crippen LogP contribution in [0.15, 0.2) is 72.8 Å². The van der Waals surface area contributed by atoms with Gasteiger partial charge >= 0.3 is 6.09 Å². The molecule has 2 heterocycles. The fourth-order valence-corrected chi connectivity index (χ4v) is 4.47. The number of rotatable bonds is 4. The van der Waals surface area contributed by atoms with Crippen molar-refractivity contribution >= 4 is 22.8 Å². The van der Waals surface area contributed by atoms with Crippen LogP contribution in [0.3, 0.4) is 0 Å². The molecule has 0 radical (unpaired) electrons. The molecule has 35 heavy (non-hydrogen) atoms. The van der Waals surface area contributed by atoms with Gasteiger partial charge in [-0.2, -0.15) is 0 Å². The monoisotopic (exact) mass is 468 g/mol. The number of carbonyl (C=O) groups excluding carboxylic acids is 1. The molecule has 1 aliphatic rings. The Morgan fingerprint density at radius 3 is 2.57 bits per heavy atom. The van der Waals surface area contributed by atoms with Gasteiger partial charge in [-0.05, 0) is 49.2 Å². The van der Waals surface area contributed by atoms with E-state index in [0.717, 1.165) is 27.8 Å². The van der Waals surface area contributed by atoms with Crippen molar-refractivity contribution in [3.8, 4) is 17.1 Å². The molecule has 1 atom stereocenters. The van der Waals surface area contributed by atoms with Gasteiger partial charge in [0, 0.05) is 31.1 Å². The van der Waals surface area contributed by atoms with Gasteiger partial charge < -0.3 is 19.6 Å². The highest BCUT2D eigenvalue weighted by atomic mass is 16.6. The molecule has 0 spiro atoms. The molecular weight excluding hydrogens is 440 g/mol. The number of ether oxygens (including phenoxy) is 1. The highest BCUT2D eigenvalue weighted by Gasteiger charge is 2.30. The summed E-state index contributed by atoms with van der Waals surface area (Å²) in [5.74, 6) is 1.43. The van der Waals surface area contributed by atoms with E-state index in [4.69, 9.17) is 14.7 Å². The largest absolute Gasteiger partial charge is 0.507 e. The lowest BCUT2D eigenvalue weighted by atomic mass is 10.1. The van der Waals surface area contributed by atoms with Crippen molar-refractivity contribution in [3.63, 3.8) is 0 Å². The molecule has 178 valence electrons. The lowest BCUT2D eigenvalue weighted by Gasteiger charge is -2.40. The number of amides is 1. The standard InChI is InChI=1S/C28H28N4O3/c1-19-12-13-22-24(16-19)29-26(23-10-6-7-11-25(23)33)30-27(22)31-14-15-32(20(2)17-31)28(34)35-18-21-8-4-3-5-9-21/h3-13,16,20,33H,14-15,17-18H2,1-2H3. The molecule has 7 nitrogen and oxygen atoms in total. The van der Waals surface area contributed by atoms with Crippen molar-refractivity contribution in [3.05, 3.63) is 83.9 Å². The summed E-state index contributed by atoms with van der Waals surface area (Å²) in [6, 6.07) is 22.9. The van der Waals surface area contributed by atoms with Gasteiger partial charge in [0.2, 0.25) is 0 Å². The number of hydrogen-bond acceptors (Lipinski definition) is 6. The smallest absolute Gasteiger partial charge is 0.410 e. The molecule has 3 aromatic carbocycles. The normalized spacial score (nSPS) is 15.9. The Bertz CT molecular complexity index is 1360. The number of phenolic OH excluding ortho intramolecular Hbond substituents is 1. The van der Waals surface area contributed by atoms with E-state index < -0.39 is 0 Å². The zero-order valence-corrected chi connectivity index (χ0v) is 19.9. The molecule has 5 rings (SSSR count). The second-order valence-corrected chi connectivity index (χ2v) is 8.94. The Morgan fingerprint density at radius 2 is 1.80 bits per heavy atom. The molecule has 0 saturated carbocycles. The second kappa shape index (κ2) is 9.62. The highest BCUT2D eigenvalue weighted by molar-refractivity contribution is 5.92. The van der Waals surface area contributed by atoms with Crippen LogP contribution >= 0.6 is 0 Å². The van der Waals surface area contributed by atoms with Gasteiger partial charge in [-0.25, -0.2) is 14.8 Å². The predicted octanol–water partition coefficient (Wildman–Crippen LogP) is 5.16. The number of para-hydroxylation sites is 1. The molecule has 7 heteroatoms. The van der Waals surface area contributed by atoms with E-state index >= 15 is 0 Å².